The van der Waals surface area contributed by atoms with E-state index in [-0.39, 0.29) is 20.0 Å². The molecule has 1 heterocycles. The van der Waals surface area contributed by atoms with Gasteiger partial charge in [-0.05, 0) is 28.7 Å². The predicted molar refractivity (Wildman–Crippen MR) is 55.4 cm³/mol. The summed E-state index contributed by atoms with van der Waals surface area (Å²) in [6.45, 7) is 0. The molecule has 0 aliphatic rings. The number of carbonyl (C=O) groups is 1. The van der Waals surface area contributed by atoms with E-state index >= 15 is 0 Å². The molecule has 0 saturated carbocycles. The number of hydrogen-bond acceptors (Lipinski definition) is 2. The highest BCUT2D eigenvalue weighted by Gasteiger charge is 2.18. The van der Waals surface area contributed by atoms with Crippen molar-refractivity contribution in [1.29, 1.82) is 0 Å². The summed E-state index contributed by atoms with van der Waals surface area (Å²) in [6.07, 6.45) is -2.70. The highest BCUT2D eigenvalue weighted by atomic mass is 127. The van der Waals surface area contributed by atoms with Gasteiger partial charge in [-0.1, -0.05) is 11.6 Å². The second kappa shape index (κ2) is 4.35. The van der Waals surface area contributed by atoms with Crippen LogP contribution in [0.5, 0.6) is 0 Å². The third-order valence-electron chi connectivity index (χ3n) is 1.46. The molecule has 0 aliphatic heterocycles. The van der Waals surface area contributed by atoms with Crippen molar-refractivity contribution >= 4 is 40.1 Å². The van der Waals surface area contributed by atoms with E-state index in [9.17, 15) is 13.6 Å². The first-order chi connectivity index (χ1) is 6.43. The van der Waals surface area contributed by atoms with E-state index in [1.807, 2.05) is 0 Å². The van der Waals surface area contributed by atoms with Gasteiger partial charge in [0.15, 0.2) is 0 Å². The molecule has 1 rings (SSSR count). The van der Waals surface area contributed by atoms with Crippen LogP contribution in [0.1, 0.15) is 22.3 Å². The summed E-state index contributed by atoms with van der Waals surface area (Å²) in [7, 11) is 0. The number of halogens is 4. The van der Waals surface area contributed by atoms with Gasteiger partial charge in [0.25, 0.3) is 12.3 Å². The zero-order chi connectivity index (χ0) is 10.9. The van der Waals surface area contributed by atoms with E-state index in [1.54, 1.807) is 22.6 Å². The number of nitrogens with two attached hydrogens (primary N) is 1. The van der Waals surface area contributed by atoms with Gasteiger partial charge in [-0.25, -0.2) is 13.8 Å². The fraction of sp³-hybridized carbons (Fsp3) is 0.143. The van der Waals surface area contributed by atoms with Crippen molar-refractivity contribution < 1.29 is 13.6 Å². The van der Waals surface area contributed by atoms with Crippen molar-refractivity contribution in [2.24, 2.45) is 5.73 Å². The molecular weight excluding hydrogens is 328 g/mol. The number of primary amides is 1. The van der Waals surface area contributed by atoms with Crippen molar-refractivity contribution in [3.63, 3.8) is 0 Å². The number of hydrogen-bond donors (Lipinski definition) is 1. The van der Waals surface area contributed by atoms with Crippen LogP contribution in [0.4, 0.5) is 8.78 Å². The van der Waals surface area contributed by atoms with Crippen LogP contribution in [-0.2, 0) is 0 Å². The lowest BCUT2D eigenvalue weighted by atomic mass is 10.2. The van der Waals surface area contributed by atoms with Crippen molar-refractivity contribution in [2.45, 2.75) is 6.43 Å². The summed E-state index contributed by atoms with van der Waals surface area (Å²) in [5, 5.41) is -0.161. The number of carbonyl (C=O) groups excluding carboxylic acids is 1. The second-order valence-corrected chi connectivity index (χ2v) is 3.75. The maximum absolute atomic E-state index is 12.4. The molecule has 0 aliphatic carbocycles. The Morgan fingerprint density at radius 1 is 1.64 bits per heavy atom. The van der Waals surface area contributed by atoms with Crippen LogP contribution < -0.4 is 5.73 Å². The maximum atomic E-state index is 12.4. The molecule has 0 bridgehead atoms. The Hall–Kier alpha value is -0.500. The Morgan fingerprint density at radius 3 is 2.64 bits per heavy atom. The van der Waals surface area contributed by atoms with Crippen molar-refractivity contribution in [3.05, 3.63) is 26.0 Å². The van der Waals surface area contributed by atoms with Crippen LogP contribution in [0.25, 0.3) is 0 Å². The smallest absolute Gasteiger partial charge is 0.266 e. The third-order valence-corrected chi connectivity index (χ3v) is 2.61. The van der Waals surface area contributed by atoms with Gasteiger partial charge in [0.1, 0.15) is 8.85 Å². The highest BCUT2D eigenvalue weighted by molar-refractivity contribution is 14.1. The molecule has 1 aromatic heterocycles. The van der Waals surface area contributed by atoms with Crippen LogP contribution in [0.15, 0.2) is 6.07 Å². The SMILES string of the molecule is NC(=O)c1cc(C(F)F)c(I)nc1Cl. The molecule has 0 unspecified atom stereocenters. The lowest BCUT2D eigenvalue weighted by molar-refractivity contribution is 0.0999. The number of nitrogens with zero attached hydrogens (tertiary/aromatic N) is 1. The molecule has 0 radical (unpaired) electrons. The largest absolute Gasteiger partial charge is 0.366 e. The van der Waals surface area contributed by atoms with E-state index in [0.717, 1.165) is 6.07 Å². The quantitative estimate of drug-likeness (QED) is 0.668. The molecule has 0 fully saturated rings. The topological polar surface area (TPSA) is 56.0 Å². The summed E-state index contributed by atoms with van der Waals surface area (Å²) in [5.74, 6) is -0.874. The molecule has 0 atom stereocenters. The third kappa shape index (κ3) is 2.30. The first-order valence-corrected chi connectivity index (χ1v) is 4.83. The minimum atomic E-state index is -2.70. The Labute approximate surface area is 96.8 Å². The normalized spacial score (nSPS) is 10.6. The number of rotatable bonds is 2. The van der Waals surface area contributed by atoms with Crippen molar-refractivity contribution in [3.8, 4) is 0 Å². The van der Waals surface area contributed by atoms with Gasteiger partial charge in [0.05, 0.1) is 11.1 Å². The molecule has 7 heteroatoms. The summed E-state index contributed by atoms with van der Waals surface area (Å²) in [5.41, 5.74) is 4.39. The monoisotopic (exact) mass is 332 g/mol. The number of pyridine rings is 1. The van der Waals surface area contributed by atoms with Crippen molar-refractivity contribution in [2.75, 3.05) is 0 Å². The van der Waals surface area contributed by atoms with Gasteiger partial charge in [-0.3, -0.25) is 4.79 Å². The molecule has 0 aromatic carbocycles. The van der Waals surface area contributed by atoms with E-state index in [4.69, 9.17) is 17.3 Å². The van der Waals surface area contributed by atoms with Crippen molar-refractivity contribution in [1.82, 2.24) is 4.98 Å². The Balaban J connectivity index is 3.34. The van der Waals surface area contributed by atoms with Gasteiger partial charge in [-0.2, -0.15) is 0 Å². The lowest BCUT2D eigenvalue weighted by Gasteiger charge is -2.05. The molecular formula is C7H4ClF2IN2O. The van der Waals surface area contributed by atoms with E-state index in [2.05, 4.69) is 4.98 Å². The van der Waals surface area contributed by atoms with E-state index < -0.39 is 12.3 Å². The number of amides is 1. The van der Waals surface area contributed by atoms with Crippen LogP contribution in [0.2, 0.25) is 5.15 Å². The fourth-order valence-electron chi connectivity index (χ4n) is 0.811. The zero-order valence-corrected chi connectivity index (χ0v) is 9.51. The van der Waals surface area contributed by atoms with Gasteiger partial charge in [0.2, 0.25) is 0 Å². The molecule has 76 valence electrons. The van der Waals surface area contributed by atoms with Crippen LogP contribution in [0, 0.1) is 3.70 Å². The molecule has 14 heavy (non-hydrogen) atoms. The van der Waals surface area contributed by atoms with Gasteiger partial charge in [-0.15, -0.1) is 0 Å². The lowest BCUT2D eigenvalue weighted by Crippen LogP contribution is -2.13. The van der Waals surface area contributed by atoms with Crippen LogP contribution in [-0.4, -0.2) is 10.9 Å². The first kappa shape index (κ1) is 11.6. The van der Waals surface area contributed by atoms with Crippen LogP contribution in [0.3, 0.4) is 0 Å². The summed E-state index contributed by atoms with van der Waals surface area (Å²) >= 11 is 7.15. The average Bonchev–Trinajstić information content (AvgIpc) is 2.02. The Bertz CT molecular complexity index is 386. The number of aromatic nitrogens is 1. The molecule has 0 saturated heterocycles. The molecule has 2 N–H and O–H groups in total. The molecule has 1 aromatic rings. The summed E-state index contributed by atoms with van der Waals surface area (Å²) in [4.78, 5) is 14.3. The van der Waals surface area contributed by atoms with E-state index in [0.29, 0.717) is 0 Å². The second-order valence-electron chi connectivity index (χ2n) is 2.37. The van der Waals surface area contributed by atoms with Crippen LogP contribution >= 0.6 is 34.2 Å². The van der Waals surface area contributed by atoms with Gasteiger partial charge >= 0.3 is 0 Å². The maximum Gasteiger partial charge on any atom is 0.266 e. The molecule has 1 amide bonds. The Kier molecular flexibility index (Phi) is 3.59. The minimum Gasteiger partial charge on any atom is -0.366 e. The summed E-state index contributed by atoms with van der Waals surface area (Å²) in [6, 6.07) is 0.962. The zero-order valence-electron chi connectivity index (χ0n) is 6.60. The first-order valence-electron chi connectivity index (χ1n) is 3.37. The van der Waals surface area contributed by atoms with Gasteiger partial charge in [0, 0.05) is 0 Å². The minimum absolute atomic E-state index is 0.0626. The average molecular weight is 332 g/mol. The Morgan fingerprint density at radius 2 is 2.21 bits per heavy atom. The van der Waals surface area contributed by atoms with Gasteiger partial charge < -0.3 is 5.73 Å². The number of alkyl halides is 2. The molecule has 0 spiro atoms. The highest BCUT2D eigenvalue weighted by Crippen LogP contribution is 2.26. The molecule has 3 nitrogen and oxygen atoms in total. The van der Waals surface area contributed by atoms with E-state index in [1.165, 1.54) is 0 Å². The standard InChI is InChI=1S/C7H4ClF2IN2O/c8-4-2(7(12)14)1-3(5(9)10)6(11)13-4/h1,5H,(H2,12,14). The predicted octanol–water partition coefficient (Wildman–Crippen LogP) is 2.38. The summed E-state index contributed by atoms with van der Waals surface area (Å²) < 4.78 is 24.8. The fourth-order valence-corrected chi connectivity index (χ4v) is 1.82.